The second-order valence-electron chi connectivity index (χ2n) is 7.74. The highest BCUT2D eigenvalue weighted by Crippen LogP contribution is 2.31. The molecule has 0 aromatic rings. The van der Waals surface area contributed by atoms with Crippen LogP contribution in [0.4, 0.5) is 4.39 Å². The molecule has 1 rings (SSSR count). The van der Waals surface area contributed by atoms with Crippen molar-refractivity contribution in [2.45, 2.75) is 77.5 Å². The molecule has 0 saturated carbocycles. The van der Waals surface area contributed by atoms with Crippen LogP contribution in [0.5, 0.6) is 0 Å². The number of ketones is 1. The first-order valence-electron chi connectivity index (χ1n) is 9.05. The molecule has 1 aliphatic heterocycles. The molecule has 2 N–H and O–H groups in total. The number of alkyl halides is 1. The second-order valence-corrected chi connectivity index (χ2v) is 7.74. The van der Waals surface area contributed by atoms with Crippen LogP contribution in [-0.4, -0.2) is 53.9 Å². The highest BCUT2D eigenvalue weighted by molar-refractivity contribution is 5.83. The zero-order valence-electron chi connectivity index (χ0n) is 15.6. The first kappa shape index (κ1) is 22.2. The highest BCUT2D eigenvalue weighted by atomic mass is 19.1. The van der Waals surface area contributed by atoms with Crippen LogP contribution in [0.2, 0.25) is 0 Å². The number of ether oxygens (including phenoxy) is 2. The molecule has 5 atom stereocenters. The van der Waals surface area contributed by atoms with Crippen LogP contribution >= 0.6 is 0 Å². The summed E-state index contributed by atoms with van der Waals surface area (Å²) in [5, 5.41) is 20.3. The highest BCUT2D eigenvalue weighted by Gasteiger charge is 2.44. The van der Waals surface area contributed by atoms with Crippen LogP contribution in [0.3, 0.4) is 0 Å². The van der Waals surface area contributed by atoms with Gasteiger partial charge in [-0.3, -0.25) is 4.79 Å². The molecule has 1 aliphatic rings. The summed E-state index contributed by atoms with van der Waals surface area (Å²) in [6.45, 7) is 8.65. The number of rotatable bonds is 10. The molecule has 1 fully saturated rings. The number of aliphatic hydroxyl groups is 2. The Morgan fingerprint density at radius 3 is 2.48 bits per heavy atom. The minimum Gasteiger partial charge on any atom is -0.390 e. The van der Waals surface area contributed by atoms with Gasteiger partial charge in [0, 0.05) is 17.8 Å². The van der Waals surface area contributed by atoms with Gasteiger partial charge in [-0.05, 0) is 12.8 Å². The quantitative estimate of drug-likeness (QED) is 0.463. The van der Waals surface area contributed by atoms with Crippen molar-refractivity contribution in [2.75, 3.05) is 13.3 Å². The van der Waals surface area contributed by atoms with Crippen molar-refractivity contribution in [2.24, 2.45) is 11.3 Å². The van der Waals surface area contributed by atoms with E-state index in [1.807, 2.05) is 20.8 Å². The molecule has 5 nitrogen and oxygen atoms in total. The number of aliphatic hydroxyl groups excluding tert-OH is 2. The third-order valence-corrected chi connectivity index (χ3v) is 4.64. The maximum atomic E-state index is 12.9. The van der Waals surface area contributed by atoms with Crippen LogP contribution in [0.25, 0.3) is 0 Å². The van der Waals surface area contributed by atoms with Gasteiger partial charge in [-0.15, -0.1) is 6.58 Å². The Kier molecular flexibility index (Phi) is 9.21. The molecule has 0 aromatic carbocycles. The average molecular weight is 360 g/mol. The van der Waals surface area contributed by atoms with Gasteiger partial charge in [0.05, 0.1) is 12.7 Å². The largest absolute Gasteiger partial charge is 0.390 e. The molecule has 5 unspecified atom stereocenters. The van der Waals surface area contributed by atoms with Crippen molar-refractivity contribution in [1.29, 1.82) is 0 Å². The topological polar surface area (TPSA) is 76.0 Å². The Bertz CT molecular complexity index is 421. The Hall–Kier alpha value is -0.820. The molecule has 1 saturated heterocycles. The molecular formula is C19H33FO5. The fourth-order valence-electron chi connectivity index (χ4n) is 2.97. The summed E-state index contributed by atoms with van der Waals surface area (Å²) < 4.78 is 23.9. The number of hydrogen-bond donors (Lipinski definition) is 2. The second kappa shape index (κ2) is 10.4. The SMILES string of the molecule is C=CCOC1OC(CF)C(O)C(O)C1CCCCCC(=O)C(C)(C)C. The Morgan fingerprint density at radius 2 is 1.92 bits per heavy atom. The van der Waals surface area contributed by atoms with Crippen molar-refractivity contribution >= 4 is 5.78 Å². The number of halogens is 1. The number of carbonyl (C=O) groups is 1. The Balaban J connectivity index is 2.49. The van der Waals surface area contributed by atoms with Crippen LogP contribution < -0.4 is 0 Å². The van der Waals surface area contributed by atoms with E-state index in [1.54, 1.807) is 6.08 Å². The number of unbranched alkanes of at least 4 members (excludes halogenated alkanes) is 2. The van der Waals surface area contributed by atoms with Gasteiger partial charge in [0.25, 0.3) is 0 Å². The number of hydrogen-bond acceptors (Lipinski definition) is 5. The molecule has 0 spiro atoms. The lowest BCUT2D eigenvalue weighted by atomic mass is 9.85. The molecule has 0 aliphatic carbocycles. The Labute approximate surface area is 150 Å². The summed E-state index contributed by atoms with van der Waals surface area (Å²) in [6.07, 6.45) is 0.846. The standard InChI is InChI=1S/C19H33FO5/c1-5-11-24-18-13(16(22)17(23)14(12-20)25-18)9-7-6-8-10-15(21)19(2,3)4/h5,13-14,16-18,22-23H,1,6-12H2,2-4H3. The van der Waals surface area contributed by atoms with Gasteiger partial charge < -0.3 is 19.7 Å². The van der Waals surface area contributed by atoms with E-state index in [-0.39, 0.29) is 17.8 Å². The molecule has 6 heteroatoms. The molecule has 0 amide bonds. The summed E-state index contributed by atoms with van der Waals surface area (Å²) in [5.41, 5.74) is -0.317. The lowest BCUT2D eigenvalue weighted by molar-refractivity contribution is -0.280. The van der Waals surface area contributed by atoms with Crippen molar-refractivity contribution < 1.29 is 28.9 Å². The van der Waals surface area contributed by atoms with Crippen LogP contribution in [0.1, 0.15) is 52.9 Å². The van der Waals surface area contributed by atoms with E-state index < -0.39 is 37.2 Å². The maximum absolute atomic E-state index is 12.9. The molecule has 0 aromatic heterocycles. The van der Waals surface area contributed by atoms with E-state index in [9.17, 15) is 19.4 Å². The minimum absolute atomic E-state index is 0.225. The molecular weight excluding hydrogens is 327 g/mol. The smallest absolute Gasteiger partial charge is 0.163 e. The van der Waals surface area contributed by atoms with Crippen molar-refractivity contribution in [3.05, 3.63) is 12.7 Å². The minimum atomic E-state index is -1.26. The van der Waals surface area contributed by atoms with Gasteiger partial charge in [-0.2, -0.15) is 0 Å². The van der Waals surface area contributed by atoms with Crippen LogP contribution in [0, 0.1) is 11.3 Å². The third kappa shape index (κ3) is 6.77. The van der Waals surface area contributed by atoms with E-state index >= 15 is 0 Å². The first-order valence-corrected chi connectivity index (χ1v) is 9.05. The zero-order valence-corrected chi connectivity index (χ0v) is 15.6. The van der Waals surface area contributed by atoms with Crippen molar-refractivity contribution in [3.8, 4) is 0 Å². The van der Waals surface area contributed by atoms with Crippen LogP contribution in [0.15, 0.2) is 12.7 Å². The lowest BCUT2D eigenvalue weighted by Gasteiger charge is -2.41. The Morgan fingerprint density at radius 1 is 1.24 bits per heavy atom. The predicted octanol–water partition coefficient (Wildman–Crippen LogP) is 2.79. The zero-order chi connectivity index (χ0) is 19.0. The van der Waals surface area contributed by atoms with Gasteiger partial charge in [0.15, 0.2) is 6.29 Å². The maximum Gasteiger partial charge on any atom is 0.163 e. The summed E-state index contributed by atoms with van der Waals surface area (Å²) in [5.74, 6) is -0.196. The number of Topliss-reactive ketones (excluding diaryl/α,β-unsaturated/α-hetero) is 1. The monoisotopic (exact) mass is 360 g/mol. The van der Waals surface area contributed by atoms with Crippen molar-refractivity contribution in [1.82, 2.24) is 0 Å². The summed E-state index contributed by atoms with van der Waals surface area (Å²) >= 11 is 0. The van der Waals surface area contributed by atoms with Gasteiger partial charge in [0.2, 0.25) is 0 Å². The molecule has 146 valence electrons. The molecule has 0 radical (unpaired) electrons. The van der Waals surface area contributed by atoms with Gasteiger partial charge in [0.1, 0.15) is 24.7 Å². The number of carbonyl (C=O) groups excluding carboxylic acids is 1. The predicted molar refractivity (Wildman–Crippen MR) is 93.8 cm³/mol. The van der Waals surface area contributed by atoms with E-state index in [2.05, 4.69) is 6.58 Å². The fourth-order valence-corrected chi connectivity index (χ4v) is 2.97. The average Bonchev–Trinajstić information content (AvgIpc) is 2.56. The molecule has 1 heterocycles. The van der Waals surface area contributed by atoms with E-state index in [0.29, 0.717) is 12.8 Å². The van der Waals surface area contributed by atoms with E-state index in [1.165, 1.54) is 0 Å². The van der Waals surface area contributed by atoms with Gasteiger partial charge >= 0.3 is 0 Å². The summed E-state index contributed by atoms with van der Waals surface area (Å²) in [6, 6.07) is 0. The third-order valence-electron chi connectivity index (χ3n) is 4.64. The van der Waals surface area contributed by atoms with Gasteiger partial charge in [-0.25, -0.2) is 4.39 Å². The molecule has 25 heavy (non-hydrogen) atoms. The summed E-state index contributed by atoms with van der Waals surface area (Å²) in [4.78, 5) is 11.9. The van der Waals surface area contributed by atoms with Crippen molar-refractivity contribution in [3.63, 3.8) is 0 Å². The summed E-state index contributed by atoms with van der Waals surface area (Å²) in [7, 11) is 0. The van der Waals surface area contributed by atoms with Crippen LogP contribution in [-0.2, 0) is 14.3 Å². The van der Waals surface area contributed by atoms with E-state index in [0.717, 1.165) is 19.3 Å². The molecule has 0 bridgehead atoms. The first-order chi connectivity index (χ1) is 11.7. The lowest BCUT2D eigenvalue weighted by Crippen LogP contribution is -2.55. The van der Waals surface area contributed by atoms with E-state index in [4.69, 9.17) is 9.47 Å². The van der Waals surface area contributed by atoms with Gasteiger partial charge in [-0.1, -0.05) is 39.7 Å². The normalized spacial score (nSPS) is 30.2. The fraction of sp³-hybridized carbons (Fsp3) is 0.842.